The van der Waals surface area contributed by atoms with Gasteiger partial charge in [0.15, 0.2) is 0 Å². The number of carbonyl (C=O) groups is 3. The van der Waals surface area contributed by atoms with Gasteiger partial charge in [-0.05, 0) is 32.3 Å². The molecule has 4 heterocycles. The number of aliphatic hydroxyl groups is 1. The Morgan fingerprint density at radius 3 is 2.47 bits per heavy atom. The van der Waals surface area contributed by atoms with E-state index in [1.165, 1.54) is 0 Å². The number of hydrogen-bond donors (Lipinski definition) is 1. The number of aliphatic hydroxyl groups excluding tert-OH is 1. The van der Waals surface area contributed by atoms with Crippen molar-refractivity contribution < 1.29 is 24.2 Å². The summed E-state index contributed by atoms with van der Waals surface area (Å²) in [6.07, 6.45) is 9.82. The van der Waals surface area contributed by atoms with Crippen LogP contribution in [0.25, 0.3) is 0 Å². The van der Waals surface area contributed by atoms with E-state index in [1.54, 1.807) is 9.80 Å². The van der Waals surface area contributed by atoms with Crippen molar-refractivity contribution in [1.29, 1.82) is 0 Å². The molecule has 1 aromatic carbocycles. The second-order valence-corrected chi connectivity index (χ2v) is 11.2. The van der Waals surface area contributed by atoms with Gasteiger partial charge in [0.1, 0.15) is 11.6 Å². The van der Waals surface area contributed by atoms with Crippen molar-refractivity contribution in [2.75, 3.05) is 26.2 Å². The molecule has 38 heavy (non-hydrogen) atoms. The average molecular weight is 522 g/mol. The van der Waals surface area contributed by atoms with Crippen molar-refractivity contribution in [2.24, 2.45) is 11.8 Å². The molecular formula is C30H39N3O5. The van der Waals surface area contributed by atoms with Crippen LogP contribution in [0.1, 0.15) is 45.6 Å². The molecule has 4 aliphatic heterocycles. The number of carbonyl (C=O) groups excluding carboxylic acids is 3. The number of likely N-dealkylation sites (tertiary alicyclic amines) is 1. The third-order valence-corrected chi connectivity index (χ3v) is 8.68. The topological polar surface area (TPSA) is 90.4 Å². The van der Waals surface area contributed by atoms with Crippen LogP contribution in [0.5, 0.6) is 0 Å². The fourth-order valence-electron chi connectivity index (χ4n) is 6.99. The molecule has 2 fully saturated rings. The van der Waals surface area contributed by atoms with E-state index in [4.69, 9.17) is 4.74 Å². The number of amides is 3. The zero-order valence-electron chi connectivity index (χ0n) is 22.6. The third kappa shape index (κ3) is 4.18. The normalized spacial score (nSPS) is 33.2. The van der Waals surface area contributed by atoms with E-state index in [9.17, 15) is 19.5 Å². The van der Waals surface area contributed by atoms with Gasteiger partial charge in [-0.15, -0.1) is 0 Å². The van der Waals surface area contributed by atoms with Crippen LogP contribution in [0.4, 0.5) is 0 Å². The fourth-order valence-corrected chi connectivity index (χ4v) is 6.99. The maximum absolute atomic E-state index is 14.2. The summed E-state index contributed by atoms with van der Waals surface area (Å²) in [5.74, 6) is -2.13. The molecule has 0 bridgehead atoms. The number of rotatable bonds is 8. The van der Waals surface area contributed by atoms with Crippen LogP contribution < -0.4 is 0 Å². The lowest BCUT2D eigenvalue weighted by molar-refractivity contribution is -0.154. The lowest BCUT2D eigenvalue weighted by atomic mass is 9.74. The minimum absolute atomic E-state index is 0.00602. The summed E-state index contributed by atoms with van der Waals surface area (Å²) in [7, 11) is 0. The highest BCUT2D eigenvalue weighted by Crippen LogP contribution is 2.57. The van der Waals surface area contributed by atoms with E-state index >= 15 is 0 Å². The van der Waals surface area contributed by atoms with Gasteiger partial charge in [-0.3, -0.25) is 14.4 Å². The molecular weight excluding hydrogens is 482 g/mol. The second-order valence-electron chi connectivity index (χ2n) is 11.2. The zero-order valence-corrected chi connectivity index (χ0v) is 22.6. The highest BCUT2D eigenvalue weighted by atomic mass is 16.5. The van der Waals surface area contributed by atoms with E-state index in [-0.39, 0.29) is 36.9 Å². The van der Waals surface area contributed by atoms with Crippen LogP contribution in [0.15, 0.2) is 54.6 Å². The Hall–Kier alpha value is -2.97. The highest BCUT2D eigenvalue weighted by molar-refractivity contribution is 6.00. The molecule has 1 aromatic rings. The van der Waals surface area contributed by atoms with Crippen molar-refractivity contribution in [2.45, 2.75) is 69.9 Å². The lowest BCUT2D eigenvalue weighted by Crippen LogP contribution is -2.57. The Labute approximate surface area is 224 Å². The summed E-state index contributed by atoms with van der Waals surface area (Å²) in [4.78, 5) is 47.8. The number of hydrogen-bond acceptors (Lipinski definition) is 5. The van der Waals surface area contributed by atoms with Gasteiger partial charge in [0.05, 0.1) is 17.4 Å². The Morgan fingerprint density at radius 1 is 1.03 bits per heavy atom. The Bertz CT molecular complexity index is 1140. The first-order valence-corrected chi connectivity index (χ1v) is 13.9. The minimum Gasteiger partial charge on any atom is -0.396 e. The summed E-state index contributed by atoms with van der Waals surface area (Å²) in [5.41, 5.74) is -1.27. The van der Waals surface area contributed by atoms with Gasteiger partial charge >= 0.3 is 0 Å². The monoisotopic (exact) mass is 521 g/mol. The second kappa shape index (κ2) is 10.3. The SMILES string of the molecule is CCCC(C)N1CC=C[C@]23O[C@@]4(C)C=CCN(Cc5ccccc5)C(=O)[C@H]4[C@H]2C(=O)N(CCCO)C3C1=O. The minimum atomic E-state index is -1.25. The van der Waals surface area contributed by atoms with Crippen LogP contribution in [-0.4, -0.2) is 87.1 Å². The lowest BCUT2D eigenvalue weighted by Gasteiger charge is -2.38. The maximum atomic E-state index is 14.2. The molecule has 204 valence electrons. The van der Waals surface area contributed by atoms with Gasteiger partial charge in [0.25, 0.3) is 0 Å². The first kappa shape index (κ1) is 26.6. The van der Waals surface area contributed by atoms with Crippen molar-refractivity contribution in [3.05, 3.63) is 60.2 Å². The van der Waals surface area contributed by atoms with Crippen LogP contribution in [-0.2, 0) is 25.7 Å². The summed E-state index contributed by atoms with van der Waals surface area (Å²) in [5, 5.41) is 9.58. The average Bonchev–Trinajstić information content (AvgIpc) is 3.16. The molecule has 2 unspecified atom stereocenters. The van der Waals surface area contributed by atoms with Crippen molar-refractivity contribution in [1.82, 2.24) is 14.7 Å². The molecule has 0 saturated carbocycles. The maximum Gasteiger partial charge on any atom is 0.249 e. The molecule has 1 spiro atoms. The Balaban J connectivity index is 1.57. The molecule has 4 aliphatic rings. The quantitative estimate of drug-likeness (QED) is 0.531. The molecule has 0 radical (unpaired) electrons. The molecule has 8 nitrogen and oxygen atoms in total. The van der Waals surface area contributed by atoms with Crippen LogP contribution in [0, 0.1) is 11.8 Å². The standard InChI is InChI=1S/C30H39N3O5/c1-4-11-21(2)32-17-9-15-30-24(27(36)33(18-10-19-34)25(30)28(32)37)23-26(35)31(16-8-14-29(23,3)38-30)20-22-12-6-5-7-13-22/h5-9,12-15,21,23-25,34H,4,10-11,16-20H2,1-3H3/t21?,23-,24+,25?,29+,30+/m1/s1. The third-order valence-electron chi connectivity index (χ3n) is 8.68. The number of nitrogens with zero attached hydrogens (tertiary/aromatic N) is 3. The van der Waals surface area contributed by atoms with Gasteiger partial charge in [-0.1, -0.05) is 68.0 Å². The molecule has 0 aliphatic carbocycles. The van der Waals surface area contributed by atoms with Crippen LogP contribution in [0.3, 0.4) is 0 Å². The van der Waals surface area contributed by atoms with Gasteiger partial charge in [0, 0.05) is 38.8 Å². The van der Waals surface area contributed by atoms with Crippen molar-refractivity contribution in [3.8, 4) is 0 Å². The molecule has 1 N–H and O–H groups in total. The summed E-state index contributed by atoms with van der Waals surface area (Å²) < 4.78 is 6.84. The van der Waals surface area contributed by atoms with Gasteiger partial charge in [-0.2, -0.15) is 0 Å². The molecule has 5 rings (SSSR count). The van der Waals surface area contributed by atoms with E-state index in [0.717, 1.165) is 18.4 Å². The first-order chi connectivity index (χ1) is 18.3. The Kier molecular flexibility index (Phi) is 7.22. The molecule has 2 saturated heterocycles. The summed E-state index contributed by atoms with van der Waals surface area (Å²) in [6.45, 7) is 7.42. The summed E-state index contributed by atoms with van der Waals surface area (Å²) in [6, 6.07) is 8.94. The molecule has 0 aromatic heterocycles. The number of fused-ring (bicyclic) bond motifs is 2. The molecule has 6 atom stereocenters. The molecule has 3 amide bonds. The van der Waals surface area contributed by atoms with Gasteiger partial charge in [-0.25, -0.2) is 0 Å². The number of benzene rings is 1. The first-order valence-electron chi connectivity index (χ1n) is 13.9. The van der Waals surface area contributed by atoms with Gasteiger partial charge < -0.3 is 24.5 Å². The van der Waals surface area contributed by atoms with Crippen LogP contribution >= 0.6 is 0 Å². The molecule has 8 heteroatoms. The van der Waals surface area contributed by atoms with E-state index in [0.29, 0.717) is 26.1 Å². The van der Waals surface area contributed by atoms with Crippen LogP contribution in [0.2, 0.25) is 0 Å². The van der Waals surface area contributed by atoms with Crippen molar-refractivity contribution in [3.63, 3.8) is 0 Å². The number of ether oxygens (including phenoxy) is 1. The smallest absolute Gasteiger partial charge is 0.249 e. The van der Waals surface area contributed by atoms with Crippen molar-refractivity contribution >= 4 is 17.7 Å². The fraction of sp³-hybridized carbons (Fsp3) is 0.567. The van der Waals surface area contributed by atoms with E-state index in [1.807, 2.05) is 73.4 Å². The zero-order chi connectivity index (χ0) is 27.1. The van der Waals surface area contributed by atoms with Gasteiger partial charge in [0.2, 0.25) is 17.7 Å². The predicted octanol–water partition coefficient (Wildman–Crippen LogP) is 2.53. The Morgan fingerprint density at radius 2 is 1.76 bits per heavy atom. The highest BCUT2D eigenvalue weighted by Gasteiger charge is 2.74. The van der Waals surface area contributed by atoms with E-state index in [2.05, 4.69) is 6.92 Å². The van der Waals surface area contributed by atoms with E-state index < -0.39 is 29.1 Å². The predicted molar refractivity (Wildman–Crippen MR) is 143 cm³/mol. The summed E-state index contributed by atoms with van der Waals surface area (Å²) >= 11 is 0. The largest absolute Gasteiger partial charge is 0.396 e.